The largest absolute Gasteiger partial charge is 0.385 e. The van der Waals surface area contributed by atoms with Gasteiger partial charge < -0.3 is 15.4 Å². The number of anilines is 1. The number of hydrogen-bond donors (Lipinski definition) is 2. The highest BCUT2D eigenvalue weighted by atomic mass is 16.5. The van der Waals surface area contributed by atoms with Crippen molar-refractivity contribution in [1.29, 1.82) is 0 Å². The molecule has 7 nitrogen and oxygen atoms in total. The van der Waals surface area contributed by atoms with E-state index in [2.05, 4.69) is 10.6 Å². The predicted octanol–water partition coefficient (Wildman–Crippen LogP) is 4.63. The number of carbonyl (C=O) groups is 4. The van der Waals surface area contributed by atoms with Gasteiger partial charge in [0.2, 0.25) is 11.8 Å². The molecule has 1 aromatic carbocycles. The lowest BCUT2D eigenvalue weighted by Gasteiger charge is -2.07. The first-order chi connectivity index (χ1) is 15.9. The highest BCUT2D eigenvalue weighted by Gasteiger charge is 2.08. The fraction of sp³-hybridized carbons (Fsp3) is 0.615. The van der Waals surface area contributed by atoms with Gasteiger partial charge in [0.1, 0.15) is 11.6 Å². The summed E-state index contributed by atoms with van der Waals surface area (Å²) in [5, 5.41) is 5.71. The summed E-state index contributed by atoms with van der Waals surface area (Å²) < 4.78 is 5.00. The van der Waals surface area contributed by atoms with Gasteiger partial charge in [-0.05, 0) is 50.3 Å². The van der Waals surface area contributed by atoms with Gasteiger partial charge in [-0.25, -0.2) is 0 Å². The lowest BCUT2D eigenvalue weighted by atomic mass is 10.0. The van der Waals surface area contributed by atoms with Crippen molar-refractivity contribution >= 4 is 29.1 Å². The van der Waals surface area contributed by atoms with Crippen LogP contribution in [0.1, 0.15) is 84.1 Å². The van der Waals surface area contributed by atoms with E-state index in [9.17, 15) is 19.2 Å². The number of aryl methyl sites for hydroxylation is 1. The number of benzene rings is 1. The first-order valence-corrected chi connectivity index (χ1v) is 12.1. The number of rotatable bonds is 17. The van der Waals surface area contributed by atoms with Crippen molar-refractivity contribution in [2.24, 2.45) is 0 Å². The number of nitrogens with one attached hydrogen (secondary N) is 2. The van der Waals surface area contributed by atoms with Crippen LogP contribution in [0.3, 0.4) is 0 Å². The van der Waals surface area contributed by atoms with Gasteiger partial charge in [0, 0.05) is 45.2 Å². The summed E-state index contributed by atoms with van der Waals surface area (Å²) in [4.78, 5) is 46.4. The normalized spacial score (nSPS) is 10.1. The van der Waals surface area contributed by atoms with Crippen molar-refractivity contribution in [3.05, 3.63) is 29.8 Å². The molecule has 0 saturated heterocycles. The number of ketones is 2. The molecule has 0 atom stereocenters. The molecule has 0 aromatic heterocycles. The molecule has 7 heteroatoms. The third-order valence-corrected chi connectivity index (χ3v) is 4.78. The summed E-state index contributed by atoms with van der Waals surface area (Å²) in [6, 6.07) is 7.31. The Balaban J connectivity index is 0.00000497. The number of carbonyl (C=O) groups excluding carboxylic acids is 4. The molecule has 2 amide bonds. The first-order valence-electron chi connectivity index (χ1n) is 12.1. The molecule has 0 spiro atoms. The van der Waals surface area contributed by atoms with E-state index in [1.54, 1.807) is 19.2 Å². The van der Waals surface area contributed by atoms with Gasteiger partial charge in [0.25, 0.3) is 0 Å². The molecule has 33 heavy (non-hydrogen) atoms. The predicted molar refractivity (Wildman–Crippen MR) is 132 cm³/mol. The second kappa shape index (κ2) is 20.1. The van der Waals surface area contributed by atoms with E-state index in [4.69, 9.17) is 4.74 Å². The number of Topliss-reactive ketones (excluding diaryl/α,β-unsaturated/α-hetero) is 2. The van der Waals surface area contributed by atoms with Gasteiger partial charge in [-0.15, -0.1) is 0 Å². The van der Waals surface area contributed by atoms with Crippen LogP contribution in [-0.2, 0) is 30.3 Å². The van der Waals surface area contributed by atoms with E-state index in [-0.39, 0.29) is 36.2 Å². The fourth-order valence-corrected chi connectivity index (χ4v) is 3.08. The molecular formula is C26H42N2O5. The smallest absolute Gasteiger partial charge is 0.224 e. The summed E-state index contributed by atoms with van der Waals surface area (Å²) in [7, 11) is 1.70. The highest BCUT2D eigenvalue weighted by Crippen LogP contribution is 2.12. The summed E-state index contributed by atoms with van der Waals surface area (Å²) >= 11 is 0. The quantitative estimate of drug-likeness (QED) is 0.260. The van der Waals surface area contributed by atoms with Crippen molar-refractivity contribution < 1.29 is 23.9 Å². The Morgan fingerprint density at radius 3 is 2.09 bits per heavy atom. The molecule has 0 unspecified atom stereocenters. The minimum Gasteiger partial charge on any atom is -0.385 e. The molecular weight excluding hydrogens is 420 g/mol. The molecule has 0 radical (unpaired) electrons. The SMILES string of the molecule is CC.COCCCCCCNC(=O)CCCC(=O)Nc1ccc(CCC(=O)CC(C)=O)cc1. The maximum Gasteiger partial charge on any atom is 0.224 e. The van der Waals surface area contributed by atoms with Crippen molar-refractivity contribution in [1.82, 2.24) is 5.32 Å². The molecule has 0 heterocycles. The lowest BCUT2D eigenvalue weighted by Crippen LogP contribution is -2.24. The zero-order valence-corrected chi connectivity index (χ0v) is 20.8. The van der Waals surface area contributed by atoms with E-state index in [0.29, 0.717) is 37.9 Å². The zero-order chi connectivity index (χ0) is 24.9. The standard InChI is InChI=1S/C24H36N2O5.C2H6/c1-19(27)18-22(28)15-12-20-10-13-21(14-11-20)26-24(30)9-7-8-23(29)25-16-5-3-4-6-17-31-2;1-2/h10-11,13-14H,3-9,12,15-18H2,1-2H3,(H,25,29)(H,26,30);1-2H3. The molecule has 0 aliphatic rings. The van der Waals surface area contributed by atoms with Crippen molar-refractivity contribution in [2.75, 3.05) is 25.6 Å². The molecule has 0 fully saturated rings. The van der Waals surface area contributed by atoms with E-state index >= 15 is 0 Å². The molecule has 0 aliphatic heterocycles. The Labute approximate surface area is 199 Å². The lowest BCUT2D eigenvalue weighted by molar-refractivity contribution is -0.126. The Bertz CT molecular complexity index is 701. The average molecular weight is 463 g/mol. The minimum atomic E-state index is -0.129. The molecule has 0 bridgehead atoms. The van der Waals surface area contributed by atoms with Crippen LogP contribution in [-0.4, -0.2) is 43.6 Å². The number of unbranched alkanes of at least 4 members (excludes halogenated alkanes) is 3. The zero-order valence-electron chi connectivity index (χ0n) is 20.8. The average Bonchev–Trinajstić information content (AvgIpc) is 2.79. The van der Waals surface area contributed by atoms with Crippen LogP contribution < -0.4 is 10.6 Å². The molecule has 2 N–H and O–H groups in total. The molecule has 186 valence electrons. The second-order valence-electron chi connectivity index (χ2n) is 7.77. The van der Waals surface area contributed by atoms with E-state index in [0.717, 1.165) is 37.9 Å². The Morgan fingerprint density at radius 1 is 0.818 bits per heavy atom. The van der Waals surface area contributed by atoms with Crippen LogP contribution in [0.2, 0.25) is 0 Å². The maximum absolute atomic E-state index is 12.1. The second-order valence-corrected chi connectivity index (χ2v) is 7.77. The van der Waals surface area contributed by atoms with Crippen LogP contribution >= 0.6 is 0 Å². The van der Waals surface area contributed by atoms with Gasteiger partial charge in [-0.1, -0.05) is 38.8 Å². The topological polar surface area (TPSA) is 102 Å². The van der Waals surface area contributed by atoms with Crippen LogP contribution in [0.5, 0.6) is 0 Å². The monoisotopic (exact) mass is 462 g/mol. The van der Waals surface area contributed by atoms with Crippen LogP contribution in [0.4, 0.5) is 5.69 Å². The Kier molecular flexibility index (Phi) is 18.5. The summed E-state index contributed by atoms with van der Waals surface area (Å²) in [5.74, 6) is -0.325. The van der Waals surface area contributed by atoms with Crippen molar-refractivity contribution in [2.45, 2.75) is 85.0 Å². The van der Waals surface area contributed by atoms with Crippen molar-refractivity contribution in [3.63, 3.8) is 0 Å². The fourth-order valence-electron chi connectivity index (χ4n) is 3.08. The van der Waals surface area contributed by atoms with Gasteiger partial charge in [-0.3, -0.25) is 19.2 Å². The maximum atomic E-state index is 12.1. The molecule has 0 saturated carbocycles. The van der Waals surface area contributed by atoms with E-state index in [1.165, 1.54) is 6.92 Å². The summed E-state index contributed by atoms with van der Waals surface area (Å²) in [6.07, 6.45) is 6.19. The van der Waals surface area contributed by atoms with Gasteiger partial charge in [0.15, 0.2) is 0 Å². The molecule has 0 aliphatic carbocycles. The summed E-state index contributed by atoms with van der Waals surface area (Å²) in [6.45, 7) is 6.86. The number of methoxy groups -OCH3 is 1. The highest BCUT2D eigenvalue weighted by molar-refractivity contribution is 5.98. The van der Waals surface area contributed by atoms with Crippen LogP contribution in [0, 0.1) is 0 Å². The van der Waals surface area contributed by atoms with Crippen molar-refractivity contribution in [3.8, 4) is 0 Å². The molecule has 1 aromatic rings. The van der Waals surface area contributed by atoms with Gasteiger partial charge >= 0.3 is 0 Å². The Hall–Kier alpha value is -2.54. The Morgan fingerprint density at radius 2 is 1.45 bits per heavy atom. The summed E-state index contributed by atoms with van der Waals surface area (Å²) in [5.41, 5.74) is 1.66. The van der Waals surface area contributed by atoms with E-state index < -0.39 is 0 Å². The van der Waals surface area contributed by atoms with E-state index in [1.807, 2.05) is 26.0 Å². The van der Waals surface area contributed by atoms with Gasteiger partial charge in [0.05, 0.1) is 6.42 Å². The van der Waals surface area contributed by atoms with Gasteiger partial charge in [-0.2, -0.15) is 0 Å². The molecule has 1 rings (SSSR count). The third kappa shape index (κ3) is 17.7. The minimum absolute atomic E-state index is 0.0129. The number of ether oxygens (including phenoxy) is 1. The first kappa shape index (κ1) is 30.5. The van der Waals surface area contributed by atoms with Crippen LogP contribution in [0.25, 0.3) is 0 Å². The van der Waals surface area contributed by atoms with Crippen LogP contribution in [0.15, 0.2) is 24.3 Å². The number of amides is 2. The third-order valence-electron chi connectivity index (χ3n) is 4.78. The number of hydrogen-bond acceptors (Lipinski definition) is 5.